The molecule has 1 atom stereocenters. The zero-order valence-corrected chi connectivity index (χ0v) is 16.3. The lowest BCUT2D eigenvalue weighted by Crippen LogP contribution is -2.37. The van der Waals surface area contributed by atoms with Gasteiger partial charge in [-0.05, 0) is 28.8 Å². The van der Waals surface area contributed by atoms with E-state index in [1.54, 1.807) is 6.26 Å². The van der Waals surface area contributed by atoms with Crippen LogP contribution in [0.4, 0.5) is 0 Å². The van der Waals surface area contributed by atoms with Gasteiger partial charge in [0.25, 0.3) is 0 Å². The van der Waals surface area contributed by atoms with Crippen molar-refractivity contribution in [2.24, 2.45) is 0 Å². The second-order valence-electron chi connectivity index (χ2n) is 7.87. The number of benzene rings is 3. The number of carbonyl (C=O) groups is 1. The van der Waals surface area contributed by atoms with Crippen LogP contribution in [0.15, 0.2) is 77.4 Å². The van der Waals surface area contributed by atoms with Crippen LogP contribution >= 0.6 is 0 Å². The molecule has 0 aliphatic carbocycles. The number of likely N-dealkylation sites (tertiary alicyclic amines) is 1. The molecule has 1 fully saturated rings. The van der Waals surface area contributed by atoms with E-state index in [1.165, 1.54) is 5.56 Å². The SMILES string of the molecule is O=C(Cc1coc2ccc3ccccc3c12)NC1CCN(Cc2ccccc2)C1. The lowest BCUT2D eigenvalue weighted by Gasteiger charge is -2.16. The number of fused-ring (bicyclic) bond motifs is 3. The van der Waals surface area contributed by atoms with Crippen LogP contribution in [0, 0.1) is 0 Å². The molecule has 1 unspecified atom stereocenters. The average molecular weight is 384 g/mol. The largest absolute Gasteiger partial charge is 0.464 e. The highest BCUT2D eigenvalue weighted by atomic mass is 16.3. The van der Waals surface area contributed by atoms with Gasteiger partial charge in [0, 0.05) is 36.6 Å². The molecular weight excluding hydrogens is 360 g/mol. The number of amides is 1. The van der Waals surface area contributed by atoms with Crippen molar-refractivity contribution >= 4 is 27.6 Å². The Kier molecular flexibility index (Phi) is 4.78. The predicted octanol–water partition coefficient (Wildman–Crippen LogP) is 4.52. The Morgan fingerprint density at radius 3 is 2.76 bits per heavy atom. The standard InChI is InChI=1S/C25H24N2O2/c28-24(26-21-12-13-27(16-21)15-18-6-2-1-3-7-18)14-20-17-29-23-11-10-19-8-4-5-9-22(19)25(20)23/h1-11,17,21H,12-16H2,(H,26,28). The molecule has 146 valence electrons. The highest BCUT2D eigenvalue weighted by molar-refractivity contribution is 6.08. The van der Waals surface area contributed by atoms with E-state index in [1.807, 2.05) is 24.3 Å². The second kappa shape index (κ2) is 7.72. The molecule has 1 aromatic heterocycles. The summed E-state index contributed by atoms with van der Waals surface area (Å²) in [6.45, 7) is 2.85. The molecule has 4 heteroatoms. The van der Waals surface area contributed by atoms with E-state index in [-0.39, 0.29) is 11.9 Å². The minimum atomic E-state index is 0.0622. The minimum Gasteiger partial charge on any atom is -0.464 e. The van der Waals surface area contributed by atoms with Crippen LogP contribution in [0.25, 0.3) is 21.7 Å². The van der Waals surface area contributed by atoms with Crippen LogP contribution in [0.2, 0.25) is 0 Å². The Morgan fingerprint density at radius 1 is 1.03 bits per heavy atom. The summed E-state index contributed by atoms with van der Waals surface area (Å²) in [7, 11) is 0. The first-order valence-corrected chi connectivity index (χ1v) is 10.2. The number of rotatable bonds is 5. The van der Waals surface area contributed by atoms with E-state index >= 15 is 0 Å². The number of nitrogens with zero attached hydrogens (tertiary/aromatic N) is 1. The molecule has 1 amide bonds. The van der Waals surface area contributed by atoms with Crippen molar-refractivity contribution in [2.45, 2.75) is 25.4 Å². The summed E-state index contributed by atoms with van der Waals surface area (Å²) >= 11 is 0. The third-order valence-corrected chi connectivity index (χ3v) is 5.78. The molecule has 0 spiro atoms. The third-order valence-electron chi connectivity index (χ3n) is 5.78. The van der Waals surface area contributed by atoms with Crippen molar-refractivity contribution in [1.82, 2.24) is 10.2 Å². The number of carbonyl (C=O) groups excluding carboxylic acids is 1. The monoisotopic (exact) mass is 384 g/mol. The van der Waals surface area contributed by atoms with E-state index in [0.717, 1.165) is 53.4 Å². The fraction of sp³-hybridized carbons (Fsp3) is 0.240. The Bertz CT molecular complexity index is 1150. The Balaban J connectivity index is 1.25. The number of furan rings is 1. The fourth-order valence-electron chi connectivity index (χ4n) is 4.39. The van der Waals surface area contributed by atoms with Gasteiger partial charge in [-0.2, -0.15) is 0 Å². The van der Waals surface area contributed by atoms with E-state index in [0.29, 0.717) is 6.42 Å². The van der Waals surface area contributed by atoms with E-state index in [2.05, 4.69) is 52.7 Å². The molecule has 5 rings (SSSR count). The molecule has 2 heterocycles. The van der Waals surface area contributed by atoms with Crippen LogP contribution in [-0.4, -0.2) is 29.9 Å². The van der Waals surface area contributed by atoms with Crippen LogP contribution < -0.4 is 5.32 Å². The molecule has 29 heavy (non-hydrogen) atoms. The molecule has 1 N–H and O–H groups in total. The molecule has 1 aliphatic heterocycles. The lowest BCUT2D eigenvalue weighted by molar-refractivity contribution is -0.121. The minimum absolute atomic E-state index is 0.0622. The van der Waals surface area contributed by atoms with E-state index in [9.17, 15) is 4.79 Å². The van der Waals surface area contributed by atoms with Gasteiger partial charge in [-0.15, -0.1) is 0 Å². The van der Waals surface area contributed by atoms with Crippen molar-refractivity contribution in [3.05, 3.63) is 84.1 Å². The van der Waals surface area contributed by atoms with Gasteiger partial charge in [-0.3, -0.25) is 9.69 Å². The zero-order valence-electron chi connectivity index (χ0n) is 16.3. The summed E-state index contributed by atoms with van der Waals surface area (Å²) < 4.78 is 5.72. The summed E-state index contributed by atoms with van der Waals surface area (Å²) in [6, 6.07) is 23.0. The first kappa shape index (κ1) is 18.0. The summed E-state index contributed by atoms with van der Waals surface area (Å²) in [5, 5.41) is 6.57. The van der Waals surface area contributed by atoms with Gasteiger partial charge in [-0.1, -0.05) is 60.7 Å². The lowest BCUT2D eigenvalue weighted by atomic mass is 10.0. The highest BCUT2D eigenvalue weighted by Crippen LogP contribution is 2.30. The molecule has 3 aromatic carbocycles. The first-order chi connectivity index (χ1) is 14.3. The Labute approximate surface area is 170 Å². The van der Waals surface area contributed by atoms with E-state index in [4.69, 9.17) is 4.42 Å². The molecular formula is C25H24N2O2. The predicted molar refractivity (Wildman–Crippen MR) is 116 cm³/mol. The Morgan fingerprint density at radius 2 is 1.86 bits per heavy atom. The van der Waals surface area contributed by atoms with Crippen molar-refractivity contribution < 1.29 is 9.21 Å². The number of nitrogens with one attached hydrogen (secondary N) is 1. The van der Waals surface area contributed by atoms with Crippen LogP contribution in [0.1, 0.15) is 17.5 Å². The van der Waals surface area contributed by atoms with Crippen molar-refractivity contribution in [3.8, 4) is 0 Å². The molecule has 0 radical (unpaired) electrons. The fourth-order valence-corrected chi connectivity index (χ4v) is 4.39. The number of hydrogen-bond donors (Lipinski definition) is 1. The van der Waals surface area contributed by atoms with Crippen molar-refractivity contribution in [2.75, 3.05) is 13.1 Å². The third kappa shape index (κ3) is 3.76. The van der Waals surface area contributed by atoms with Gasteiger partial charge in [0.05, 0.1) is 12.7 Å². The quantitative estimate of drug-likeness (QED) is 0.550. The molecule has 1 aliphatic rings. The number of hydrogen-bond acceptors (Lipinski definition) is 3. The van der Waals surface area contributed by atoms with Crippen LogP contribution in [0.5, 0.6) is 0 Å². The summed E-state index contributed by atoms with van der Waals surface area (Å²) in [5.41, 5.74) is 3.10. The summed E-state index contributed by atoms with van der Waals surface area (Å²) in [4.78, 5) is 15.1. The van der Waals surface area contributed by atoms with Gasteiger partial charge < -0.3 is 9.73 Å². The maximum Gasteiger partial charge on any atom is 0.224 e. The van der Waals surface area contributed by atoms with Crippen molar-refractivity contribution in [3.63, 3.8) is 0 Å². The highest BCUT2D eigenvalue weighted by Gasteiger charge is 2.24. The zero-order chi connectivity index (χ0) is 19.6. The topological polar surface area (TPSA) is 45.5 Å². The smallest absolute Gasteiger partial charge is 0.224 e. The second-order valence-corrected chi connectivity index (χ2v) is 7.87. The van der Waals surface area contributed by atoms with Gasteiger partial charge in [-0.25, -0.2) is 0 Å². The average Bonchev–Trinajstić information content (AvgIpc) is 3.35. The van der Waals surface area contributed by atoms with Gasteiger partial charge in [0.1, 0.15) is 5.58 Å². The van der Waals surface area contributed by atoms with Gasteiger partial charge in [0.15, 0.2) is 0 Å². The van der Waals surface area contributed by atoms with Crippen LogP contribution in [-0.2, 0) is 17.8 Å². The first-order valence-electron chi connectivity index (χ1n) is 10.2. The normalized spacial score (nSPS) is 17.2. The maximum absolute atomic E-state index is 12.7. The summed E-state index contributed by atoms with van der Waals surface area (Å²) in [6.07, 6.45) is 3.07. The maximum atomic E-state index is 12.7. The molecule has 1 saturated heterocycles. The molecule has 4 aromatic rings. The van der Waals surface area contributed by atoms with E-state index < -0.39 is 0 Å². The van der Waals surface area contributed by atoms with Gasteiger partial charge in [0.2, 0.25) is 5.91 Å². The van der Waals surface area contributed by atoms with Gasteiger partial charge >= 0.3 is 0 Å². The molecule has 0 bridgehead atoms. The Hall–Kier alpha value is -3.11. The van der Waals surface area contributed by atoms with Crippen LogP contribution in [0.3, 0.4) is 0 Å². The van der Waals surface area contributed by atoms with Crippen molar-refractivity contribution in [1.29, 1.82) is 0 Å². The summed E-state index contributed by atoms with van der Waals surface area (Å²) in [5.74, 6) is 0.0622. The molecule has 0 saturated carbocycles. The molecule has 4 nitrogen and oxygen atoms in total.